The number of benzene rings is 1. The van der Waals surface area contributed by atoms with Gasteiger partial charge in [-0.3, -0.25) is 0 Å². The van der Waals surface area contributed by atoms with E-state index in [-0.39, 0.29) is 24.3 Å². The molecule has 0 aliphatic carbocycles. The molecule has 5 heteroatoms. The summed E-state index contributed by atoms with van der Waals surface area (Å²) >= 11 is 3.29. The Labute approximate surface area is 116 Å². The molecule has 0 radical (unpaired) electrons. The summed E-state index contributed by atoms with van der Waals surface area (Å²) in [5.74, 6) is 0.759. The average Bonchev–Trinajstić information content (AvgIpc) is 2.38. The monoisotopic (exact) mass is 317 g/mol. The Kier molecular flexibility index (Phi) is 5.91. The predicted molar refractivity (Wildman–Crippen MR) is 74.9 cm³/mol. The maximum atomic E-state index is 9.70. The van der Waals surface area contributed by atoms with Crippen LogP contribution in [0.15, 0.2) is 16.6 Å². The zero-order valence-corrected chi connectivity index (χ0v) is 12.5. The maximum absolute atomic E-state index is 9.70. The number of hydrogen-bond acceptors (Lipinski definition) is 4. The van der Waals surface area contributed by atoms with Crippen molar-refractivity contribution in [2.75, 3.05) is 13.7 Å². The van der Waals surface area contributed by atoms with Crippen LogP contribution in [0.4, 0.5) is 0 Å². The van der Waals surface area contributed by atoms with E-state index in [1.807, 2.05) is 19.9 Å². The van der Waals surface area contributed by atoms with Crippen LogP contribution >= 0.6 is 15.9 Å². The van der Waals surface area contributed by atoms with Gasteiger partial charge in [-0.15, -0.1) is 0 Å². The van der Waals surface area contributed by atoms with Gasteiger partial charge < -0.3 is 20.3 Å². The van der Waals surface area contributed by atoms with E-state index in [1.54, 1.807) is 6.07 Å². The summed E-state index contributed by atoms with van der Waals surface area (Å²) in [6.45, 7) is 4.84. The summed E-state index contributed by atoms with van der Waals surface area (Å²) in [6.07, 6.45) is 0. The minimum Gasteiger partial charge on any atom is -0.503 e. The van der Waals surface area contributed by atoms with Crippen LogP contribution < -0.4 is 10.1 Å². The number of rotatable bonds is 6. The third kappa shape index (κ3) is 3.86. The molecule has 0 spiro atoms. The third-order valence-corrected chi connectivity index (χ3v) is 3.68. The SMILES string of the molecule is COc1cc(CNC(C)C(C)CO)cc(Br)c1O. The normalized spacial score (nSPS) is 14.3. The fourth-order valence-corrected chi connectivity index (χ4v) is 2.01. The maximum Gasteiger partial charge on any atom is 0.172 e. The van der Waals surface area contributed by atoms with Crippen molar-refractivity contribution in [1.82, 2.24) is 5.32 Å². The van der Waals surface area contributed by atoms with E-state index in [0.29, 0.717) is 16.8 Å². The first kappa shape index (κ1) is 15.3. The van der Waals surface area contributed by atoms with E-state index < -0.39 is 0 Å². The van der Waals surface area contributed by atoms with Gasteiger partial charge in [0.15, 0.2) is 11.5 Å². The quantitative estimate of drug-likeness (QED) is 0.753. The average molecular weight is 318 g/mol. The summed E-state index contributed by atoms with van der Waals surface area (Å²) < 4.78 is 5.71. The van der Waals surface area contributed by atoms with Gasteiger partial charge in [0.05, 0.1) is 11.6 Å². The van der Waals surface area contributed by atoms with E-state index in [2.05, 4.69) is 21.2 Å². The van der Waals surface area contributed by atoms with Crippen molar-refractivity contribution in [3.05, 3.63) is 22.2 Å². The van der Waals surface area contributed by atoms with E-state index in [1.165, 1.54) is 7.11 Å². The van der Waals surface area contributed by atoms with Gasteiger partial charge in [0.25, 0.3) is 0 Å². The molecule has 18 heavy (non-hydrogen) atoms. The highest BCUT2D eigenvalue weighted by Gasteiger charge is 2.12. The summed E-state index contributed by atoms with van der Waals surface area (Å²) in [7, 11) is 1.52. The first-order valence-corrected chi connectivity index (χ1v) is 6.68. The number of aromatic hydroxyl groups is 1. The molecular formula is C13H20BrNO3. The van der Waals surface area contributed by atoms with Crippen LogP contribution in [0.1, 0.15) is 19.4 Å². The van der Waals surface area contributed by atoms with E-state index >= 15 is 0 Å². The van der Waals surface area contributed by atoms with Crippen molar-refractivity contribution in [3.63, 3.8) is 0 Å². The second kappa shape index (κ2) is 6.97. The number of methoxy groups -OCH3 is 1. The van der Waals surface area contributed by atoms with Gasteiger partial charge in [0, 0.05) is 19.2 Å². The fraction of sp³-hybridized carbons (Fsp3) is 0.538. The number of nitrogens with one attached hydrogen (secondary N) is 1. The van der Waals surface area contributed by atoms with Crippen LogP contribution in [0.25, 0.3) is 0 Å². The topological polar surface area (TPSA) is 61.7 Å². The molecule has 1 aromatic rings. The zero-order valence-electron chi connectivity index (χ0n) is 10.9. The Morgan fingerprint density at radius 1 is 1.39 bits per heavy atom. The van der Waals surface area contributed by atoms with Crippen LogP contribution in [-0.4, -0.2) is 30.0 Å². The first-order chi connectivity index (χ1) is 8.49. The van der Waals surface area contributed by atoms with Crippen LogP contribution in [0.5, 0.6) is 11.5 Å². The summed E-state index contributed by atoms with van der Waals surface area (Å²) in [5, 5.41) is 22.1. The molecule has 1 rings (SSSR count). The van der Waals surface area contributed by atoms with Gasteiger partial charge in [-0.05, 0) is 46.5 Å². The second-order valence-corrected chi connectivity index (χ2v) is 5.31. The number of halogens is 1. The predicted octanol–water partition coefficient (Wildman–Crippen LogP) is 2.27. The second-order valence-electron chi connectivity index (χ2n) is 4.46. The molecule has 2 atom stereocenters. The van der Waals surface area contributed by atoms with Crippen molar-refractivity contribution in [1.29, 1.82) is 0 Å². The highest BCUT2D eigenvalue weighted by Crippen LogP contribution is 2.35. The lowest BCUT2D eigenvalue weighted by molar-refractivity contribution is 0.207. The Bertz CT molecular complexity index is 398. The summed E-state index contributed by atoms with van der Waals surface area (Å²) in [5.41, 5.74) is 1.01. The Morgan fingerprint density at radius 2 is 2.06 bits per heavy atom. The molecule has 0 bridgehead atoms. The van der Waals surface area contributed by atoms with Gasteiger partial charge in [-0.25, -0.2) is 0 Å². The molecule has 4 nitrogen and oxygen atoms in total. The van der Waals surface area contributed by atoms with Gasteiger partial charge in [0.2, 0.25) is 0 Å². The molecule has 0 saturated heterocycles. The number of phenols is 1. The van der Waals surface area contributed by atoms with Crippen molar-refractivity contribution in [3.8, 4) is 11.5 Å². The first-order valence-electron chi connectivity index (χ1n) is 5.89. The fourth-order valence-electron chi connectivity index (χ4n) is 1.52. The smallest absolute Gasteiger partial charge is 0.172 e. The third-order valence-electron chi connectivity index (χ3n) is 3.08. The minimum absolute atomic E-state index is 0.109. The van der Waals surface area contributed by atoms with Gasteiger partial charge in [0.1, 0.15) is 0 Å². The van der Waals surface area contributed by atoms with Gasteiger partial charge in [-0.1, -0.05) is 6.92 Å². The Morgan fingerprint density at radius 3 is 2.61 bits per heavy atom. The molecule has 0 saturated carbocycles. The molecule has 102 valence electrons. The van der Waals surface area contributed by atoms with E-state index in [9.17, 15) is 5.11 Å². The van der Waals surface area contributed by atoms with Crippen LogP contribution in [0.3, 0.4) is 0 Å². The summed E-state index contributed by atoms with van der Waals surface area (Å²) in [6, 6.07) is 3.86. The lowest BCUT2D eigenvalue weighted by Gasteiger charge is -2.19. The Hall–Kier alpha value is -0.780. The highest BCUT2D eigenvalue weighted by molar-refractivity contribution is 9.10. The van der Waals surface area contributed by atoms with Crippen LogP contribution in [-0.2, 0) is 6.54 Å². The molecule has 3 N–H and O–H groups in total. The summed E-state index contributed by atoms with van der Waals surface area (Å²) in [4.78, 5) is 0. The number of phenolic OH excluding ortho intramolecular Hbond substituents is 1. The van der Waals surface area contributed by atoms with Crippen molar-refractivity contribution in [2.24, 2.45) is 5.92 Å². The number of aliphatic hydroxyl groups is 1. The lowest BCUT2D eigenvalue weighted by atomic mass is 10.0. The molecule has 0 aliphatic heterocycles. The van der Waals surface area contributed by atoms with Crippen molar-refractivity contribution < 1.29 is 14.9 Å². The van der Waals surface area contributed by atoms with E-state index in [0.717, 1.165) is 5.56 Å². The standard InChI is InChI=1S/C13H20BrNO3/c1-8(7-16)9(2)15-6-10-4-11(14)13(17)12(5-10)18-3/h4-5,8-9,15-17H,6-7H2,1-3H3. The number of ether oxygens (including phenoxy) is 1. The molecule has 0 aliphatic rings. The number of hydrogen-bond donors (Lipinski definition) is 3. The minimum atomic E-state index is 0.109. The molecule has 1 aromatic carbocycles. The molecule has 2 unspecified atom stereocenters. The molecule has 0 amide bonds. The molecule has 0 heterocycles. The molecule has 0 fully saturated rings. The van der Waals surface area contributed by atoms with E-state index in [4.69, 9.17) is 9.84 Å². The van der Waals surface area contributed by atoms with Crippen LogP contribution in [0, 0.1) is 5.92 Å². The highest BCUT2D eigenvalue weighted by atomic mass is 79.9. The van der Waals surface area contributed by atoms with Crippen molar-refractivity contribution in [2.45, 2.75) is 26.4 Å². The lowest BCUT2D eigenvalue weighted by Crippen LogP contribution is -2.33. The van der Waals surface area contributed by atoms with Gasteiger partial charge in [-0.2, -0.15) is 0 Å². The molecular weight excluding hydrogens is 298 g/mol. The Balaban J connectivity index is 2.71. The largest absolute Gasteiger partial charge is 0.503 e. The van der Waals surface area contributed by atoms with Gasteiger partial charge >= 0.3 is 0 Å². The molecule has 0 aromatic heterocycles. The zero-order chi connectivity index (χ0) is 13.7. The number of aliphatic hydroxyl groups excluding tert-OH is 1. The van der Waals surface area contributed by atoms with Crippen molar-refractivity contribution >= 4 is 15.9 Å². The van der Waals surface area contributed by atoms with Crippen LogP contribution in [0.2, 0.25) is 0 Å².